The quantitative estimate of drug-likeness (QED) is 0.596. The van der Waals surface area contributed by atoms with Crippen molar-refractivity contribution in [3.63, 3.8) is 0 Å². The predicted octanol–water partition coefficient (Wildman–Crippen LogP) is 2.26. The number of nitrogens with two attached hydrogens (primary N) is 1. The summed E-state index contributed by atoms with van der Waals surface area (Å²) in [6, 6.07) is 0. The van der Waals surface area contributed by atoms with Crippen molar-refractivity contribution in [2.24, 2.45) is 5.73 Å². The molecule has 0 spiro atoms. The van der Waals surface area contributed by atoms with Crippen LogP contribution in [0.15, 0.2) is 24.0 Å². The minimum absolute atomic E-state index is 0.333. The Balaban J connectivity index is -0.000000237. The molecule has 2 N–H and O–H groups in total. The molecule has 0 atom stereocenters. The summed E-state index contributed by atoms with van der Waals surface area (Å²) >= 11 is 0. The summed E-state index contributed by atoms with van der Waals surface area (Å²) in [7, 11) is 3.29. The van der Waals surface area contributed by atoms with Crippen LogP contribution in [0.2, 0.25) is 0 Å². The molecule has 4 nitrogen and oxygen atoms in total. The van der Waals surface area contributed by atoms with Crippen LogP contribution >= 0.6 is 0 Å². The Hall–Kier alpha value is -1.29. The summed E-state index contributed by atoms with van der Waals surface area (Å²) in [6.45, 7) is 7.84. The fourth-order valence-corrected chi connectivity index (χ4v) is 0.549. The zero-order chi connectivity index (χ0) is 13.4. The number of methoxy groups -OCH3 is 2. The van der Waals surface area contributed by atoms with Crippen molar-refractivity contribution in [1.29, 1.82) is 0 Å². The molecular formula is C12H25NO3. The molecule has 0 bridgehead atoms. The van der Waals surface area contributed by atoms with Gasteiger partial charge in [0, 0.05) is 14.0 Å². The monoisotopic (exact) mass is 231 g/mol. The third-order valence-corrected chi connectivity index (χ3v) is 1.02. The first-order valence-corrected chi connectivity index (χ1v) is 5.20. The van der Waals surface area contributed by atoms with E-state index in [4.69, 9.17) is 9.47 Å². The average molecular weight is 231 g/mol. The SMILES string of the molecule is C/C=C\C(=C/COC)OC.CC.CC(N)=O. The maximum absolute atomic E-state index is 9.22. The fourth-order valence-electron chi connectivity index (χ4n) is 0.549. The number of carbonyl (C=O) groups excluding carboxylic acids is 1. The van der Waals surface area contributed by atoms with E-state index < -0.39 is 0 Å². The second kappa shape index (κ2) is 19.3. The molecular weight excluding hydrogens is 206 g/mol. The fraction of sp³-hybridized carbons (Fsp3) is 0.583. The molecule has 0 aromatic rings. The molecule has 0 aromatic carbocycles. The van der Waals surface area contributed by atoms with Gasteiger partial charge in [-0.05, 0) is 19.1 Å². The van der Waals surface area contributed by atoms with Crippen LogP contribution < -0.4 is 5.73 Å². The number of allylic oxidation sites excluding steroid dienone is 2. The van der Waals surface area contributed by atoms with E-state index in [1.54, 1.807) is 14.2 Å². The van der Waals surface area contributed by atoms with Gasteiger partial charge in [0.2, 0.25) is 5.91 Å². The second-order valence-corrected chi connectivity index (χ2v) is 2.38. The van der Waals surface area contributed by atoms with Gasteiger partial charge in [-0.2, -0.15) is 0 Å². The van der Waals surface area contributed by atoms with Crippen LogP contribution in [0.4, 0.5) is 0 Å². The summed E-state index contributed by atoms with van der Waals surface area (Å²) in [5.41, 5.74) is 4.47. The molecule has 16 heavy (non-hydrogen) atoms. The summed E-state index contributed by atoms with van der Waals surface area (Å²) in [5, 5.41) is 0. The number of carbonyl (C=O) groups is 1. The number of hydrogen-bond acceptors (Lipinski definition) is 3. The van der Waals surface area contributed by atoms with Gasteiger partial charge in [0.25, 0.3) is 0 Å². The summed E-state index contributed by atoms with van der Waals surface area (Å²) in [6.07, 6.45) is 5.68. The largest absolute Gasteiger partial charge is 0.497 e. The van der Waals surface area contributed by atoms with Crippen LogP contribution in [-0.4, -0.2) is 26.7 Å². The van der Waals surface area contributed by atoms with Crippen molar-refractivity contribution in [3.8, 4) is 0 Å². The first kappa shape index (κ1) is 20.2. The predicted molar refractivity (Wildman–Crippen MR) is 68.0 cm³/mol. The zero-order valence-electron chi connectivity index (χ0n) is 11.2. The second-order valence-electron chi connectivity index (χ2n) is 2.38. The molecule has 0 radical (unpaired) electrons. The minimum atomic E-state index is -0.333. The highest BCUT2D eigenvalue weighted by Crippen LogP contribution is 1.96. The van der Waals surface area contributed by atoms with E-state index in [-0.39, 0.29) is 5.91 Å². The third kappa shape index (κ3) is 29.3. The van der Waals surface area contributed by atoms with Crippen molar-refractivity contribution >= 4 is 5.91 Å². The maximum Gasteiger partial charge on any atom is 0.214 e. The van der Waals surface area contributed by atoms with Gasteiger partial charge in [0.1, 0.15) is 5.76 Å². The van der Waals surface area contributed by atoms with E-state index in [1.165, 1.54) is 6.92 Å². The summed E-state index contributed by atoms with van der Waals surface area (Å²) in [5.74, 6) is 0.504. The molecule has 0 fully saturated rings. The Morgan fingerprint density at radius 1 is 1.31 bits per heavy atom. The molecule has 0 heterocycles. The molecule has 0 saturated carbocycles. The van der Waals surface area contributed by atoms with Gasteiger partial charge in [-0.25, -0.2) is 0 Å². The van der Waals surface area contributed by atoms with Gasteiger partial charge >= 0.3 is 0 Å². The van der Waals surface area contributed by atoms with Crippen LogP contribution in [0.1, 0.15) is 27.7 Å². The standard InChI is InChI=1S/C8H14O2.C2H5NO.C2H6/c1-4-5-8(10-3)6-7-9-2;1-2(3)4;1-2/h4-6H,7H2,1-3H3;1H3,(H2,3,4);1-2H3/b5-4-,8-6+;;. The highest BCUT2D eigenvalue weighted by Gasteiger charge is 1.85. The Morgan fingerprint density at radius 3 is 2.00 bits per heavy atom. The van der Waals surface area contributed by atoms with Crippen molar-refractivity contribution in [2.75, 3.05) is 20.8 Å². The lowest BCUT2D eigenvalue weighted by molar-refractivity contribution is -0.115. The molecule has 0 aliphatic heterocycles. The van der Waals surface area contributed by atoms with Crippen LogP contribution in [0.3, 0.4) is 0 Å². The lowest BCUT2D eigenvalue weighted by atomic mass is 10.4. The maximum atomic E-state index is 9.22. The van der Waals surface area contributed by atoms with E-state index in [1.807, 2.05) is 39.0 Å². The van der Waals surface area contributed by atoms with E-state index in [0.29, 0.717) is 6.61 Å². The number of hydrogen-bond donors (Lipinski definition) is 1. The minimum Gasteiger partial charge on any atom is -0.497 e. The summed E-state index contributed by atoms with van der Waals surface area (Å²) in [4.78, 5) is 9.22. The van der Waals surface area contributed by atoms with Crippen molar-refractivity contribution in [3.05, 3.63) is 24.0 Å². The highest BCUT2D eigenvalue weighted by molar-refractivity contribution is 5.70. The molecule has 0 aliphatic carbocycles. The highest BCUT2D eigenvalue weighted by atomic mass is 16.5. The van der Waals surface area contributed by atoms with Gasteiger partial charge in [0.15, 0.2) is 0 Å². The molecule has 96 valence electrons. The Labute approximate surface area is 99.1 Å². The molecule has 4 heteroatoms. The molecule has 0 saturated heterocycles. The van der Waals surface area contributed by atoms with Crippen LogP contribution in [-0.2, 0) is 14.3 Å². The van der Waals surface area contributed by atoms with E-state index in [9.17, 15) is 4.79 Å². The first-order valence-electron chi connectivity index (χ1n) is 5.20. The molecule has 0 unspecified atom stereocenters. The molecule has 0 rings (SSSR count). The topological polar surface area (TPSA) is 61.6 Å². The average Bonchev–Trinajstić information content (AvgIpc) is 2.26. The molecule has 1 amide bonds. The summed E-state index contributed by atoms with van der Waals surface area (Å²) < 4.78 is 9.82. The lowest BCUT2D eigenvalue weighted by Crippen LogP contribution is -2.01. The van der Waals surface area contributed by atoms with Gasteiger partial charge in [-0.15, -0.1) is 0 Å². The number of amides is 1. The van der Waals surface area contributed by atoms with Gasteiger partial charge in [-0.1, -0.05) is 19.9 Å². The Kier molecular flexibility index (Phi) is 24.3. The zero-order valence-corrected chi connectivity index (χ0v) is 11.2. The molecule has 0 aliphatic rings. The van der Waals surface area contributed by atoms with Crippen LogP contribution in [0.5, 0.6) is 0 Å². The van der Waals surface area contributed by atoms with Crippen molar-refractivity contribution in [2.45, 2.75) is 27.7 Å². The smallest absolute Gasteiger partial charge is 0.214 e. The third-order valence-electron chi connectivity index (χ3n) is 1.02. The Bertz CT molecular complexity index is 194. The first-order chi connectivity index (χ1) is 7.58. The van der Waals surface area contributed by atoms with Crippen LogP contribution in [0, 0.1) is 0 Å². The van der Waals surface area contributed by atoms with E-state index in [2.05, 4.69) is 5.73 Å². The normalized spacial score (nSPS) is 9.75. The van der Waals surface area contributed by atoms with Crippen molar-refractivity contribution < 1.29 is 14.3 Å². The van der Waals surface area contributed by atoms with Gasteiger partial charge in [0.05, 0.1) is 13.7 Å². The van der Waals surface area contributed by atoms with Crippen LogP contribution in [0.25, 0.3) is 0 Å². The number of rotatable bonds is 4. The lowest BCUT2D eigenvalue weighted by Gasteiger charge is -1.98. The number of ether oxygens (including phenoxy) is 2. The van der Waals surface area contributed by atoms with Gasteiger partial charge < -0.3 is 15.2 Å². The number of primary amides is 1. The van der Waals surface area contributed by atoms with Crippen molar-refractivity contribution in [1.82, 2.24) is 0 Å². The van der Waals surface area contributed by atoms with E-state index in [0.717, 1.165) is 5.76 Å². The Morgan fingerprint density at radius 2 is 1.75 bits per heavy atom. The van der Waals surface area contributed by atoms with Gasteiger partial charge in [-0.3, -0.25) is 4.79 Å². The molecule has 0 aromatic heterocycles. The van der Waals surface area contributed by atoms with E-state index >= 15 is 0 Å².